The van der Waals surface area contributed by atoms with Crippen LogP contribution in [0.15, 0.2) is 33.4 Å². The summed E-state index contributed by atoms with van der Waals surface area (Å²) in [6, 6.07) is 3.89. The maximum Gasteiger partial charge on any atom is 0.294 e. The molecule has 1 aliphatic heterocycles. The van der Waals surface area contributed by atoms with Crippen LogP contribution in [0.4, 0.5) is 11.4 Å². The van der Waals surface area contributed by atoms with Crippen LogP contribution >= 0.6 is 0 Å². The monoisotopic (exact) mass is 198 g/mol. The summed E-state index contributed by atoms with van der Waals surface area (Å²) in [5.41, 5.74) is 4.39. The molecule has 7 heteroatoms. The minimum atomic E-state index is -4.17. The van der Waals surface area contributed by atoms with Gasteiger partial charge in [0, 0.05) is 0 Å². The van der Waals surface area contributed by atoms with Gasteiger partial charge in [-0.2, -0.15) is 8.42 Å². The van der Waals surface area contributed by atoms with Crippen LogP contribution in [-0.2, 0) is 10.1 Å². The molecule has 1 radical (unpaired) electrons. The number of hydrogen-bond acceptors (Lipinski definition) is 4. The third kappa shape index (κ3) is 1.38. The zero-order valence-corrected chi connectivity index (χ0v) is 7.06. The maximum atomic E-state index is 10.7. The van der Waals surface area contributed by atoms with E-state index in [9.17, 15) is 8.42 Å². The zero-order chi connectivity index (χ0) is 9.47. The Labute approximate surface area is 74.0 Å². The lowest BCUT2D eigenvalue weighted by Gasteiger charge is -1.97. The van der Waals surface area contributed by atoms with E-state index in [0.29, 0.717) is 11.4 Å². The minimum absolute atomic E-state index is 0.206. The molecule has 2 rings (SSSR count). The first kappa shape index (κ1) is 8.14. The van der Waals surface area contributed by atoms with Crippen LogP contribution in [0.5, 0.6) is 0 Å². The van der Waals surface area contributed by atoms with Crippen molar-refractivity contribution in [3.63, 3.8) is 0 Å². The first-order valence-corrected chi connectivity index (χ1v) is 4.75. The average molecular weight is 198 g/mol. The van der Waals surface area contributed by atoms with Gasteiger partial charge >= 0.3 is 0 Å². The number of nitrogens with zero attached hydrogens (tertiary/aromatic N) is 3. The Morgan fingerprint density at radius 3 is 2.69 bits per heavy atom. The van der Waals surface area contributed by atoms with E-state index in [1.54, 1.807) is 0 Å². The number of hydrogen-bond donors (Lipinski definition) is 1. The molecule has 0 aromatic heterocycles. The smallest absolute Gasteiger partial charge is 0.282 e. The summed E-state index contributed by atoms with van der Waals surface area (Å²) >= 11 is 0. The Bertz CT molecular complexity index is 480. The van der Waals surface area contributed by atoms with Gasteiger partial charge in [0.2, 0.25) is 0 Å². The maximum absolute atomic E-state index is 10.7. The largest absolute Gasteiger partial charge is 0.294 e. The van der Waals surface area contributed by atoms with Crippen LogP contribution in [0.3, 0.4) is 0 Å². The first-order valence-electron chi connectivity index (χ1n) is 3.31. The van der Waals surface area contributed by atoms with Crippen LogP contribution in [0.25, 0.3) is 0 Å². The van der Waals surface area contributed by atoms with Crippen molar-refractivity contribution in [1.82, 2.24) is 5.43 Å². The highest BCUT2D eigenvalue weighted by atomic mass is 32.2. The van der Waals surface area contributed by atoms with Crippen molar-refractivity contribution in [2.45, 2.75) is 4.90 Å². The van der Waals surface area contributed by atoms with Crippen LogP contribution in [0.2, 0.25) is 0 Å². The van der Waals surface area contributed by atoms with Gasteiger partial charge in [-0.05, 0) is 23.4 Å². The van der Waals surface area contributed by atoms with Gasteiger partial charge in [-0.15, -0.1) is 10.5 Å². The quantitative estimate of drug-likeness (QED) is 0.686. The molecule has 6 nitrogen and oxygen atoms in total. The Hall–Kier alpha value is -1.47. The lowest BCUT2D eigenvalue weighted by molar-refractivity contribution is 0.483. The molecule has 0 aliphatic carbocycles. The summed E-state index contributed by atoms with van der Waals surface area (Å²) < 4.78 is 30.1. The van der Waals surface area contributed by atoms with Crippen molar-refractivity contribution in [3.05, 3.63) is 18.2 Å². The molecule has 1 heterocycles. The molecule has 0 atom stereocenters. The molecule has 0 bridgehead atoms. The molecule has 13 heavy (non-hydrogen) atoms. The predicted octanol–water partition coefficient (Wildman–Crippen LogP) is 1.18. The third-order valence-electron chi connectivity index (χ3n) is 1.55. The lowest BCUT2D eigenvalue weighted by Crippen LogP contribution is -1.97. The standard InChI is InChI=1S/C6H4N3O3S/c10-13(11,12)4-1-2-5-6(3-4)8-9-7-5/h1-3H,(H,10,11,12). The predicted molar refractivity (Wildman–Crippen MR) is 42.6 cm³/mol. The van der Waals surface area contributed by atoms with Gasteiger partial charge < -0.3 is 0 Å². The van der Waals surface area contributed by atoms with Gasteiger partial charge in [-0.3, -0.25) is 4.55 Å². The number of rotatable bonds is 1. The molecular formula is C6H4N3O3S. The second-order valence-electron chi connectivity index (χ2n) is 2.42. The van der Waals surface area contributed by atoms with Crippen molar-refractivity contribution in [1.29, 1.82) is 0 Å². The Balaban J connectivity index is 2.57. The molecule has 1 N–H and O–H groups in total. The molecule has 0 saturated carbocycles. The second kappa shape index (κ2) is 2.51. The normalized spacial score (nSPS) is 13.9. The van der Waals surface area contributed by atoms with Crippen molar-refractivity contribution in [2.75, 3.05) is 0 Å². The molecular weight excluding hydrogens is 194 g/mol. The van der Waals surface area contributed by atoms with Gasteiger partial charge in [0.1, 0.15) is 11.4 Å². The van der Waals surface area contributed by atoms with Gasteiger partial charge in [-0.25, -0.2) is 0 Å². The topological polar surface area (TPSA) is 93.2 Å². The Morgan fingerprint density at radius 2 is 2.00 bits per heavy atom. The van der Waals surface area contributed by atoms with Crippen molar-refractivity contribution in [3.8, 4) is 0 Å². The summed E-state index contributed by atoms with van der Waals surface area (Å²) in [6.07, 6.45) is 0. The summed E-state index contributed by atoms with van der Waals surface area (Å²) in [5, 5.41) is 6.95. The molecule has 0 spiro atoms. The van der Waals surface area contributed by atoms with E-state index in [4.69, 9.17) is 4.55 Å². The highest BCUT2D eigenvalue weighted by Crippen LogP contribution is 2.32. The van der Waals surface area contributed by atoms with Gasteiger partial charge in [0.25, 0.3) is 10.1 Å². The van der Waals surface area contributed by atoms with E-state index in [0.717, 1.165) is 0 Å². The third-order valence-corrected chi connectivity index (χ3v) is 2.40. The minimum Gasteiger partial charge on any atom is -0.282 e. The average Bonchev–Trinajstić information content (AvgIpc) is 2.47. The zero-order valence-electron chi connectivity index (χ0n) is 6.25. The molecule has 67 valence electrons. The highest BCUT2D eigenvalue weighted by Gasteiger charge is 2.15. The van der Waals surface area contributed by atoms with E-state index >= 15 is 0 Å². The van der Waals surface area contributed by atoms with Crippen molar-refractivity contribution >= 4 is 21.5 Å². The van der Waals surface area contributed by atoms with E-state index in [2.05, 4.69) is 15.8 Å². The molecule has 1 aromatic rings. The van der Waals surface area contributed by atoms with Crippen molar-refractivity contribution in [2.24, 2.45) is 10.3 Å². The fourth-order valence-electron chi connectivity index (χ4n) is 0.947. The lowest BCUT2D eigenvalue weighted by atomic mass is 10.3. The molecule has 1 aromatic carbocycles. The molecule has 1 aliphatic rings. The summed E-state index contributed by atoms with van der Waals surface area (Å²) in [6.45, 7) is 0. The number of benzene rings is 1. The highest BCUT2D eigenvalue weighted by molar-refractivity contribution is 7.85. The van der Waals surface area contributed by atoms with Crippen LogP contribution in [0, 0.1) is 0 Å². The summed E-state index contributed by atoms with van der Waals surface area (Å²) in [5.74, 6) is 0. The summed E-state index contributed by atoms with van der Waals surface area (Å²) in [7, 11) is -4.17. The van der Waals surface area contributed by atoms with Gasteiger partial charge in [-0.1, -0.05) is 0 Å². The Morgan fingerprint density at radius 1 is 1.23 bits per heavy atom. The molecule has 0 unspecified atom stereocenters. The second-order valence-corrected chi connectivity index (χ2v) is 3.84. The van der Waals surface area contributed by atoms with E-state index in [1.807, 2.05) is 0 Å². The van der Waals surface area contributed by atoms with Crippen LogP contribution < -0.4 is 5.43 Å². The van der Waals surface area contributed by atoms with Gasteiger partial charge in [0.15, 0.2) is 0 Å². The Kier molecular flexibility index (Phi) is 1.57. The summed E-state index contributed by atoms with van der Waals surface area (Å²) in [4.78, 5) is -0.206. The number of fused-ring (bicyclic) bond motifs is 1. The first-order chi connectivity index (χ1) is 6.07. The fourth-order valence-corrected chi connectivity index (χ4v) is 1.45. The SMILES string of the molecule is O=S(=O)(O)c1ccc2c(c1)[N]N=N2. The van der Waals surface area contributed by atoms with Crippen LogP contribution in [-0.4, -0.2) is 13.0 Å². The van der Waals surface area contributed by atoms with Crippen LogP contribution in [0.1, 0.15) is 0 Å². The fraction of sp³-hybridized carbons (Fsp3) is 0. The van der Waals surface area contributed by atoms with Gasteiger partial charge in [0.05, 0.1) is 4.90 Å². The molecule has 0 amide bonds. The molecule has 0 saturated heterocycles. The molecule has 0 fully saturated rings. The van der Waals surface area contributed by atoms with E-state index in [1.165, 1.54) is 18.2 Å². The van der Waals surface area contributed by atoms with E-state index in [-0.39, 0.29) is 4.90 Å². The van der Waals surface area contributed by atoms with Crippen molar-refractivity contribution < 1.29 is 13.0 Å². The van der Waals surface area contributed by atoms with E-state index < -0.39 is 10.1 Å².